The second kappa shape index (κ2) is 11.6. The standard InChI is InChI=1S/C36H52O4/c1-23(2)11-10-12-24(3)29-15-16-30-28-22-33(40-34(38)26-13-8-7-9-14-26)32-21-27(39-25(4)37)17-19-36(32,6)31(28)18-20-35(29,30)5/h7-9,13-14,22-24,27,29-33H,10-12,15-21H2,1-6H3/t24-,27+,29-,30+,31+,32-,33-,35-,36-/m1/s1. The van der Waals surface area contributed by atoms with Crippen molar-refractivity contribution in [2.75, 3.05) is 0 Å². The molecule has 4 nitrogen and oxygen atoms in total. The molecule has 40 heavy (non-hydrogen) atoms. The van der Waals surface area contributed by atoms with E-state index < -0.39 is 0 Å². The number of hydrogen-bond donors (Lipinski definition) is 0. The summed E-state index contributed by atoms with van der Waals surface area (Å²) in [6.45, 7) is 13.7. The zero-order valence-corrected chi connectivity index (χ0v) is 25.8. The molecule has 3 fully saturated rings. The van der Waals surface area contributed by atoms with E-state index in [1.165, 1.54) is 51.9 Å². The molecule has 0 aromatic heterocycles. The number of carbonyl (C=O) groups is 2. The van der Waals surface area contributed by atoms with Crippen LogP contribution >= 0.6 is 0 Å². The molecule has 4 heteroatoms. The normalized spacial score (nSPS) is 37.5. The van der Waals surface area contributed by atoms with Crippen LogP contribution in [-0.2, 0) is 14.3 Å². The van der Waals surface area contributed by atoms with Gasteiger partial charge in [-0.25, -0.2) is 4.79 Å². The van der Waals surface area contributed by atoms with Crippen LogP contribution in [0.1, 0.15) is 116 Å². The Morgan fingerprint density at radius 1 is 0.900 bits per heavy atom. The van der Waals surface area contributed by atoms with E-state index in [-0.39, 0.29) is 35.5 Å². The first kappa shape index (κ1) is 29.4. The number of benzene rings is 1. The molecular weight excluding hydrogens is 496 g/mol. The van der Waals surface area contributed by atoms with Crippen LogP contribution in [0.15, 0.2) is 42.0 Å². The third-order valence-electron chi connectivity index (χ3n) is 11.8. The zero-order valence-electron chi connectivity index (χ0n) is 25.8. The summed E-state index contributed by atoms with van der Waals surface area (Å²) >= 11 is 0. The van der Waals surface area contributed by atoms with Gasteiger partial charge in [0.15, 0.2) is 0 Å². The van der Waals surface area contributed by atoms with Crippen LogP contribution < -0.4 is 0 Å². The van der Waals surface area contributed by atoms with Gasteiger partial charge in [0, 0.05) is 12.8 Å². The Kier molecular flexibility index (Phi) is 8.56. The van der Waals surface area contributed by atoms with Gasteiger partial charge in [0.25, 0.3) is 0 Å². The minimum absolute atomic E-state index is 0.0463. The topological polar surface area (TPSA) is 52.6 Å². The molecule has 1 aromatic rings. The van der Waals surface area contributed by atoms with Crippen LogP contribution in [0.2, 0.25) is 0 Å². The quantitative estimate of drug-likeness (QED) is 0.241. The summed E-state index contributed by atoms with van der Waals surface area (Å²) in [7, 11) is 0. The molecule has 0 heterocycles. The van der Waals surface area contributed by atoms with Crippen molar-refractivity contribution in [2.24, 2.45) is 46.3 Å². The zero-order chi connectivity index (χ0) is 28.7. The monoisotopic (exact) mass is 548 g/mol. The van der Waals surface area contributed by atoms with Crippen LogP contribution in [0.5, 0.6) is 0 Å². The molecule has 4 aliphatic rings. The minimum Gasteiger partial charge on any atom is -0.463 e. The van der Waals surface area contributed by atoms with Gasteiger partial charge in [0.2, 0.25) is 0 Å². The Bertz CT molecular complexity index is 1090. The average Bonchev–Trinajstić information content (AvgIpc) is 3.27. The van der Waals surface area contributed by atoms with Gasteiger partial charge in [0.05, 0.1) is 5.56 Å². The molecule has 9 atom stereocenters. The fraction of sp³-hybridized carbons (Fsp3) is 0.722. The van der Waals surface area contributed by atoms with Crippen LogP contribution in [0.4, 0.5) is 0 Å². The maximum atomic E-state index is 13.4. The lowest BCUT2D eigenvalue weighted by Gasteiger charge is -2.59. The molecule has 0 aliphatic heterocycles. The van der Waals surface area contributed by atoms with Crippen molar-refractivity contribution in [3.63, 3.8) is 0 Å². The molecule has 0 unspecified atom stereocenters. The molecule has 220 valence electrons. The number of carbonyl (C=O) groups excluding carboxylic acids is 2. The van der Waals surface area contributed by atoms with Crippen LogP contribution in [0, 0.1) is 46.3 Å². The molecule has 0 bridgehead atoms. The van der Waals surface area contributed by atoms with E-state index in [0.29, 0.717) is 22.8 Å². The number of hydrogen-bond acceptors (Lipinski definition) is 4. The maximum Gasteiger partial charge on any atom is 0.338 e. The first-order valence-corrected chi connectivity index (χ1v) is 16.2. The van der Waals surface area contributed by atoms with E-state index in [4.69, 9.17) is 9.47 Å². The summed E-state index contributed by atoms with van der Waals surface area (Å²) in [5.74, 6) is 3.09. The van der Waals surface area contributed by atoms with Gasteiger partial charge in [-0.1, -0.05) is 77.7 Å². The third kappa shape index (κ3) is 5.53. The fourth-order valence-electron chi connectivity index (χ4n) is 9.76. The number of esters is 2. The largest absolute Gasteiger partial charge is 0.463 e. The highest BCUT2D eigenvalue weighted by atomic mass is 16.5. The molecule has 0 amide bonds. The lowest BCUT2D eigenvalue weighted by molar-refractivity contribution is -0.155. The smallest absolute Gasteiger partial charge is 0.338 e. The molecule has 3 saturated carbocycles. The maximum absolute atomic E-state index is 13.4. The second-order valence-corrected chi connectivity index (χ2v) is 14.7. The summed E-state index contributed by atoms with van der Waals surface area (Å²) < 4.78 is 12.1. The predicted molar refractivity (Wildman–Crippen MR) is 160 cm³/mol. The van der Waals surface area contributed by atoms with Crippen molar-refractivity contribution in [2.45, 2.75) is 118 Å². The van der Waals surface area contributed by atoms with Gasteiger partial charge in [-0.2, -0.15) is 0 Å². The van der Waals surface area contributed by atoms with Crippen molar-refractivity contribution in [3.05, 3.63) is 47.5 Å². The lowest BCUT2D eigenvalue weighted by atomic mass is 9.47. The Balaban J connectivity index is 1.44. The number of rotatable bonds is 8. The lowest BCUT2D eigenvalue weighted by Crippen LogP contribution is -2.54. The minimum atomic E-state index is -0.285. The van der Waals surface area contributed by atoms with E-state index in [9.17, 15) is 9.59 Å². The SMILES string of the molecule is CC(=O)O[C@H]1CC[C@@]2(C)[C@H](C1)[C@H](OC(=O)c1ccccc1)C=C1[C@@H]2CC[C@]2(C)[C@@H]([C@H](C)CCCC(C)C)CC[C@@H]12. The van der Waals surface area contributed by atoms with E-state index in [1.54, 1.807) is 5.57 Å². The molecule has 1 aromatic carbocycles. The van der Waals surface area contributed by atoms with E-state index in [1.807, 2.05) is 30.3 Å². The second-order valence-electron chi connectivity index (χ2n) is 14.7. The van der Waals surface area contributed by atoms with Gasteiger partial charge < -0.3 is 9.47 Å². The fourth-order valence-corrected chi connectivity index (χ4v) is 9.76. The Hall–Kier alpha value is -2.10. The van der Waals surface area contributed by atoms with Crippen molar-refractivity contribution in [3.8, 4) is 0 Å². The Labute approximate surface area is 242 Å². The summed E-state index contributed by atoms with van der Waals surface area (Å²) in [6.07, 6.45) is 13.8. The number of fused-ring (bicyclic) bond motifs is 5. The first-order chi connectivity index (χ1) is 19.0. The summed E-state index contributed by atoms with van der Waals surface area (Å²) in [5, 5.41) is 0. The van der Waals surface area contributed by atoms with Gasteiger partial charge in [0.1, 0.15) is 12.2 Å². The third-order valence-corrected chi connectivity index (χ3v) is 11.8. The van der Waals surface area contributed by atoms with Gasteiger partial charge in [-0.15, -0.1) is 0 Å². The van der Waals surface area contributed by atoms with Crippen molar-refractivity contribution in [1.29, 1.82) is 0 Å². The van der Waals surface area contributed by atoms with Crippen LogP contribution in [0.3, 0.4) is 0 Å². The average molecular weight is 549 g/mol. The molecule has 0 spiro atoms. The van der Waals surface area contributed by atoms with Gasteiger partial charge >= 0.3 is 11.9 Å². The number of allylic oxidation sites excluding steroid dienone is 1. The van der Waals surface area contributed by atoms with Crippen molar-refractivity contribution >= 4 is 11.9 Å². The highest BCUT2D eigenvalue weighted by Crippen LogP contribution is 2.67. The van der Waals surface area contributed by atoms with Crippen molar-refractivity contribution in [1.82, 2.24) is 0 Å². The molecule has 0 N–H and O–H groups in total. The molecular formula is C36H52O4. The van der Waals surface area contributed by atoms with Crippen LogP contribution in [0.25, 0.3) is 0 Å². The number of ether oxygens (including phenoxy) is 2. The molecule has 4 aliphatic carbocycles. The summed E-state index contributed by atoms with van der Waals surface area (Å²) in [6, 6.07) is 9.38. The molecule has 5 rings (SSSR count). The summed E-state index contributed by atoms with van der Waals surface area (Å²) in [4.78, 5) is 25.2. The Morgan fingerprint density at radius 3 is 2.30 bits per heavy atom. The predicted octanol–water partition coefficient (Wildman–Crippen LogP) is 8.80. The van der Waals surface area contributed by atoms with Crippen LogP contribution in [-0.4, -0.2) is 24.1 Å². The van der Waals surface area contributed by atoms with Crippen molar-refractivity contribution < 1.29 is 19.1 Å². The van der Waals surface area contributed by atoms with E-state index in [0.717, 1.165) is 37.0 Å². The Morgan fingerprint density at radius 2 is 1.60 bits per heavy atom. The van der Waals surface area contributed by atoms with Gasteiger partial charge in [-0.05, 0) is 104 Å². The molecule has 0 saturated heterocycles. The molecule has 0 radical (unpaired) electrons. The highest BCUT2D eigenvalue weighted by Gasteiger charge is 2.60. The van der Waals surface area contributed by atoms with Gasteiger partial charge in [-0.3, -0.25) is 4.79 Å². The first-order valence-electron chi connectivity index (χ1n) is 16.2. The van der Waals surface area contributed by atoms with E-state index in [2.05, 4.69) is 40.7 Å². The van der Waals surface area contributed by atoms with E-state index >= 15 is 0 Å². The summed E-state index contributed by atoms with van der Waals surface area (Å²) in [5.41, 5.74) is 2.55. The highest BCUT2D eigenvalue weighted by molar-refractivity contribution is 5.89.